The van der Waals surface area contributed by atoms with E-state index in [0.29, 0.717) is 0 Å². The lowest BCUT2D eigenvalue weighted by Gasteiger charge is -2.14. The third kappa shape index (κ3) is 3.56. The number of rotatable bonds is 5. The van der Waals surface area contributed by atoms with Crippen molar-refractivity contribution in [3.63, 3.8) is 0 Å². The minimum Gasteiger partial charge on any atom is -0.490 e. The van der Waals surface area contributed by atoms with Crippen molar-refractivity contribution in [1.29, 1.82) is 0 Å². The zero-order chi connectivity index (χ0) is 13.0. The van der Waals surface area contributed by atoms with Crippen LogP contribution >= 0.6 is 11.6 Å². The highest BCUT2D eigenvalue weighted by molar-refractivity contribution is 6.31. The van der Waals surface area contributed by atoms with Gasteiger partial charge in [0.1, 0.15) is 0 Å². The smallest absolute Gasteiger partial charge is 0.387 e. The van der Waals surface area contributed by atoms with E-state index in [9.17, 15) is 13.6 Å². The lowest BCUT2D eigenvalue weighted by molar-refractivity contribution is -0.0517. The van der Waals surface area contributed by atoms with Crippen LogP contribution in [0.2, 0.25) is 5.02 Å². The molecule has 0 heterocycles. The van der Waals surface area contributed by atoms with E-state index < -0.39 is 12.4 Å². The average molecular weight is 265 g/mol. The zero-order valence-corrected chi connectivity index (χ0v) is 10.1. The van der Waals surface area contributed by atoms with Crippen molar-refractivity contribution in [2.45, 2.75) is 20.5 Å². The van der Waals surface area contributed by atoms with Crippen LogP contribution in [-0.2, 0) is 0 Å². The fourth-order valence-electron chi connectivity index (χ4n) is 1.30. The van der Waals surface area contributed by atoms with Gasteiger partial charge < -0.3 is 9.47 Å². The number of halogens is 3. The number of hydrogen-bond acceptors (Lipinski definition) is 3. The molecule has 0 aliphatic heterocycles. The summed E-state index contributed by atoms with van der Waals surface area (Å²) in [4.78, 5) is 11.3. The van der Waals surface area contributed by atoms with Crippen molar-refractivity contribution in [2.24, 2.45) is 0 Å². The number of carbonyl (C=O) groups is 1. The highest BCUT2D eigenvalue weighted by atomic mass is 35.5. The molecule has 3 nitrogen and oxygen atoms in total. The SMILES string of the molecule is CCOc1cc(Cl)cc(C(C)=O)c1OC(F)F. The molecule has 0 bridgehead atoms. The van der Waals surface area contributed by atoms with Crippen LogP contribution in [0.15, 0.2) is 12.1 Å². The second kappa shape index (κ2) is 5.82. The standard InChI is InChI=1S/C11H11ClF2O3/c1-3-16-9-5-7(12)4-8(6(2)15)10(9)17-11(13)14/h4-5,11H,3H2,1-2H3. The first-order valence-corrected chi connectivity index (χ1v) is 5.25. The number of carbonyl (C=O) groups excluding carboxylic acids is 1. The Morgan fingerprint density at radius 3 is 2.59 bits per heavy atom. The molecule has 0 radical (unpaired) electrons. The molecule has 0 saturated heterocycles. The van der Waals surface area contributed by atoms with Gasteiger partial charge >= 0.3 is 6.61 Å². The van der Waals surface area contributed by atoms with Gasteiger partial charge in [0.2, 0.25) is 0 Å². The maximum Gasteiger partial charge on any atom is 0.387 e. The largest absolute Gasteiger partial charge is 0.490 e. The van der Waals surface area contributed by atoms with E-state index in [2.05, 4.69) is 4.74 Å². The van der Waals surface area contributed by atoms with Crippen LogP contribution in [0.1, 0.15) is 24.2 Å². The Hall–Kier alpha value is -1.36. The molecule has 6 heteroatoms. The fourth-order valence-corrected chi connectivity index (χ4v) is 1.51. The van der Waals surface area contributed by atoms with E-state index in [-0.39, 0.29) is 28.7 Å². The summed E-state index contributed by atoms with van der Waals surface area (Å²) < 4.78 is 33.9. The Balaban J connectivity index is 3.30. The summed E-state index contributed by atoms with van der Waals surface area (Å²) in [5.74, 6) is -0.673. The van der Waals surface area contributed by atoms with Gasteiger partial charge in [-0.15, -0.1) is 0 Å². The van der Waals surface area contributed by atoms with Gasteiger partial charge in [-0.3, -0.25) is 4.79 Å². The van der Waals surface area contributed by atoms with Crippen molar-refractivity contribution in [3.8, 4) is 11.5 Å². The van der Waals surface area contributed by atoms with Crippen LogP contribution in [-0.4, -0.2) is 19.0 Å². The predicted molar refractivity (Wildman–Crippen MR) is 59.3 cm³/mol. The molecule has 0 aliphatic rings. The molecule has 0 atom stereocenters. The highest BCUT2D eigenvalue weighted by Gasteiger charge is 2.19. The van der Waals surface area contributed by atoms with E-state index in [1.807, 2.05) is 0 Å². The van der Waals surface area contributed by atoms with Gasteiger partial charge in [0.25, 0.3) is 0 Å². The van der Waals surface area contributed by atoms with Crippen LogP contribution in [0.5, 0.6) is 11.5 Å². The van der Waals surface area contributed by atoms with Crippen molar-refractivity contribution < 1.29 is 23.0 Å². The molecule has 0 aliphatic carbocycles. The molecule has 17 heavy (non-hydrogen) atoms. The van der Waals surface area contributed by atoms with Gasteiger partial charge in [0.05, 0.1) is 12.2 Å². The van der Waals surface area contributed by atoms with Gasteiger partial charge in [-0.2, -0.15) is 8.78 Å². The molecule has 0 amide bonds. The van der Waals surface area contributed by atoms with Crippen LogP contribution < -0.4 is 9.47 Å². The number of hydrogen-bond donors (Lipinski definition) is 0. The minimum absolute atomic E-state index is 0.0266. The minimum atomic E-state index is -3.03. The summed E-state index contributed by atoms with van der Waals surface area (Å²) in [5, 5.41) is 0.222. The van der Waals surface area contributed by atoms with Gasteiger partial charge in [0, 0.05) is 11.1 Å². The van der Waals surface area contributed by atoms with E-state index in [0.717, 1.165) is 0 Å². The predicted octanol–water partition coefficient (Wildman–Crippen LogP) is 3.54. The van der Waals surface area contributed by atoms with Crippen LogP contribution in [0.3, 0.4) is 0 Å². The van der Waals surface area contributed by atoms with Gasteiger partial charge in [0.15, 0.2) is 17.3 Å². The second-order valence-corrected chi connectivity index (χ2v) is 3.58. The summed E-state index contributed by atoms with van der Waals surface area (Å²) in [6, 6.07) is 2.60. The number of ether oxygens (including phenoxy) is 2. The second-order valence-electron chi connectivity index (χ2n) is 3.15. The highest BCUT2D eigenvalue weighted by Crippen LogP contribution is 2.36. The normalized spacial score (nSPS) is 10.5. The molecule has 1 aromatic rings. The van der Waals surface area contributed by atoms with Crippen LogP contribution in [0, 0.1) is 0 Å². The van der Waals surface area contributed by atoms with Gasteiger partial charge in [-0.25, -0.2) is 0 Å². The lowest BCUT2D eigenvalue weighted by Crippen LogP contribution is -2.09. The van der Waals surface area contributed by atoms with Crippen LogP contribution in [0.25, 0.3) is 0 Å². The maximum absolute atomic E-state index is 12.3. The molecule has 94 valence electrons. The maximum atomic E-state index is 12.3. The summed E-state index contributed by atoms with van der Waals surface area (Å²) in [5.41, 5.74) is -0.0266. The third-order valence-electron chi connectivity index (χ3n) is 1.91. The van der Waals surface area contributed by atoms with Gasteiger partial charge in [-0.05, 0) is 19.9 Å². The number of benzene rings is 1. The number of ketones is 1. The summed E-state index contributed by atoms with van der Waals surface area (Å²) in [6.07, 6.45) is 0. The van der Waals surface area contributed by atoms with Crippen molar-refractivity contribution in [3.05, 3.63) is 22.7 Å². The Kier molecular flexibility index (Phi) is 4.69. The Labute approximate surface area is 102 Å². The molecule has 1 aromatic carbocycles. The monoisotopic (exact) mass is 264 g/mol. The first-order valence-electron chi connectivity index (χ1n) is 4.87. The van der Waals surface area contributed by atoms with E-state index in [1.165, 1.54) is 19.1 Å². The quantitative estimate of drug-likeness (QED) is 0.763. The molecular formula is C11H11ClF2O3. The Morgan fingerprint density at radius 2 is 2.12 bits per heavy atom. The molecule has 0 spiro atoms. The van der Waals surface area contributed by atoms with Crippen molar-refractivity contribution in [2.75, 3.05) is 6.61 Å². The fraction of sp³-hybridized carbons (Fsp3) is 0.364. The molecular weight excluding hydrogens is 254 g/mol. The first kappa shape index (κ1) is 13.7. The number of alkyl halides is 2. The zero-order valence-electron chi connectivity index (χ0n) is 9.30. The molecule has 0 aromatic heterocycles. The summed E-state index contributed by atoms with van der Waals surface area (Å²) in [7, 11) is 0. The van der Waals surface area contributed by atoms with E-state index in [4.69, 9.17) is 16.3 Å². The molecule has 0 fully saturated rings. The topological polar surface area (TPSA) is 35.5 Å². The summed E-state index contributed by atoms with van der Waals surface area (Å²) in [6.45, 7) is 0.130. The van der Waals surface area contributed by atoms with Crippen LogP contribution in [0.4, 0.5) is 8.78 Å². The lowest BCUT2D eigenvalue weighted by atomic mass is 10.1. The van der Waals surface area contributed by atoms with Gasteiger partial charge in [-0.1, -0.05) is 11.6 Å². The van der Waals surface area contributed by atoms with E-state index in [1.54, 1.807) is 6.92 Å². The third-order valence-corrected chi connectivity index (χ3v) is 2.12. The average Bonchev–Trinajstić information content (AvgIpc) is 2.21. The molecule has 0 N–H and O–H groups in total. The Morgan fingerprint density at radius 1 is 1.47 bits per heavy atom. The molecule has 0 saturated carbocycles. The first-order chi connectivity index (χ1) is 7.95. The van der Waals surface area contributed by atoms with Crippen molar-refractivity contribution >= 4 is 17.4 Å². The summed E-state index contributed by atoms with van der Waals surface area (Å²) >= 11 is 5.76. The van der Waals surface area contributed by atoms with E-state index >= 15 is 0 Å². The molecule has 1 rings (SSSR count). The molecule has 0 unspecified atom stereocenters. The Bertz CT molecular complexity index is 421. The number of Topliss-reactive ketones (excluding diaryl/α,β-unsaturated/α-hetero) is 1. The van der Waals surface area contributed by atoms with Crippen molar-refractivity contribution in [1.82, 2.24) is 0 Å².